The maximum absolute atomic E-state index is 12.5. The molecule has 0 saturated heterocycles. The predicted octanol–water partition coefficient (Wildman–Crippen LogP) is 5.32. The number of carbonyl (C=O) groups excluding carboxylic acids is 1. The third kappa shape index (κ3) is 3.52. The molecule has 1 aliphatic rings. The molecule has 24 heavy (non-hydrogen) atoms. The summed E-state index contributed by atoms with van der Waals surface area (Å²) in [7, 11) is 2.79. The molecule has 0 aromatic heterocycles. The van der Waals surface area contributed by atoms with E-state index in [1.54, 1.807) is 0 Å². The molecule has 0 amide bonds. The Morgan fingerprint density at radius 1 is 1.00 bits per heavy atom. The van der Waals surface area contributed by atoms with Gasteiger partial charge in [-0.3, -0.25) is 4.79 Å². The molecule has 0 saturated carbocycles. The molecule has 0 bridgehead atoms. The largest absolute Gasteiger partial charge is 0.289 e. The van der Waals surface area contributed by atoms with Crippen molar-refractivity contribution < 1.29 is 4.79 Å². The summed E-state index contributed by atoms with van der Waals surface area (Å²) in [6, 6.07) is 12.8. The summed E-state index contributed by atoms with van der Waals surface area (Å²) in [4.78, 5) is 12.5. The van der Waals surface area contributed by atoms with Crippen LogP contribution < -0.4 is 0 Å². The highest BCUT2D eigenvalue weighted by molar-refractivity contribution is 7.16. The summed E-state index contributed by atoms with van der Waals surface area (Å²) in [5, 5.41) is 0. The van der Waals surface area contributed by atoms with Gasteiger partial charge in [-0.1, -0.05) is 36.4 Å². The summed E-state index contributed by atoms with van der Waals surface area (Å²) in [5.74, 6) is 0.138. The van der Waals surface area contributed by atoms with Crippen molar-refractivity contribution in [3.8, 4) is 0 Å². The van der Waals surface area contributed by atoms with Crippen molar-refractivity contribution in [2.45, 2.75) is 39.5 Å². The number of unbranched alkanes of at least 4 members (excludes halogenated alkanes) is 1. The summed E-state index contributed by atoms with van der Waals surface area (Å²) >= 11 is 0. The van der Waals surface area contributed by atoms with E-state index in [1.165, 1.54) is 46.8 Å². The van der Waals surface area contributed by atoms with Crippen LogP contribution in [0.5, 0.6) is 0 Å². The van der Waals surface area contributed by atoms with E-state index < -0.39 is 0 Å². The molecular weight excluding hydrogens is 311 g/mol. The minimum atomic E-state index is 0.138. The van der Waals surface area contributed by atoms with Crippen molar-refractivity contribution in [3.63, 3.8) is 0 Å². The van der Waals surface area contributed by atoms with Crippen LogP contribution in [0.4, 0.5) is 0 Å². The highest BCUT2D eigenvalue weighted by atomic mass is 31.0. The lowest BCUT2D eigenvalue weighted by atomic mass is 9.83. The maximum atomic E-state index is 12.5. The van der Waals surface area contributed by atoms with Gasteiger partial charge in [0.1, 0.15) is 0 Å². The number of benzene rings is 2. The Hall–Kier alpha value is -1.72. The van der Waals surface area contributed by atoms with Crippen LogP contribution in [-0.2, 0) is 12.8 Å². The summed E-state index contributed by atoms with van der Waals surface area (Å²) in [5.41, 5.74) is 8.26. The van der Waals surface area contributed by atoms with Crippen LogP contribution in [0.3, 0.4) is 0 Å². The average Bonchev–Trinajstić information content (AvgIpc) is 2.59. The summed E-state index contributed by atoms with van der Waals surface area (Å²) in [6.07, 6.45) is 7.46. The van der Waals surface area contributed by atoms with E-state index in [1.807, 2.05) is 12.1 Å². The summed E-state index contributed by atoms with van der Waals surface area (Å²) in [6.45, 7) is 4.24. The van der Waals surface area contributed by atoms with Crippen molar-refractivity contribution in [2.75, 3.05) is 6.16 Å². The second-order valence-electron chi connectivity index (χ2n) is 6.69. The smallest absolute Gasteiger partial charge is 0.186 e. The van der Waals surface area contributed by atoms with Gasteiger partial charge < -0.3 is 0 Å². The van der Waals surface area contributed by atoms with Gasteiger partial charge in [0.15, 0.2) is 5.78 Å². The lowest BCUT2D eigenvalue weighted by molar-refractivity contribution is 0.104. The molecule has 0 fully saturated rings. The number of aryl methyl sites for hydroxylation is 2. The van der Waals surface area contributed by atoms with E-state index >= 15 is 0 Å². The fourth-order valence-electron chi connectivity index (χ4n) is 3.35. The molecule has 1 nitrogen and oxygen atoms in total. The van der Waals surface area contributed by atoms with Crippen LogP contribution in [-0.4, -0.2) is 11.9 Å². The maximum Gasteiger partial charge on any atom is 0.186 e. The molecule has 2 heteroatoms. The zero-order chi connectivity index (χ0) is 17.1. The first kappa shape index (κ1) is 17.1. The number of hydrogen-bond donors (Lipinski definition) is 0. The Kier molecular flexibility index (Phi) is 5.31. The van der Waals surface area contributed by atoms with Gasteiger partial charge in [-0.2, -0.15) is 0 Å². The number of fused-ring (bicyclic) bond motifs is 1. The van der Waals surface area contributed by atoms with Crippen LogP contribution in [0.25, 0.3) is 5.57 Å². The lowest BCUT2D eigenvalue weighted by Gasteiger charge is -2.20. The van der Waals surface area contributed by atoms with E-state index in [0.717, 1.165) is 24.0 Å². The van der Waals surface area contributed by atoms with Crippen LogP contribution in [0.15, 0.2) is 42.5 Å². The molecule has 2 aromatic rings. The molecule has 1 aliphatic carbocycles. The Balaban J connectivity index is 1.83. The average molecular weight is 336 g/mol. The second-order valence-corrected chi connectivity index (χ2v) is 7.26. The molecular formula is C22H25OP. The molecule has 0 N–H and O–H groups in total. The van der Waals surface area contributed by atoms with Gasteiger partial charge in [0, 0.05) is 5.56 Å². The van der Waals surface area contributed by atoms with E-state index in [9.17, 15) is 4.79 Å². The Bertz CT molecular complexity index is 784. The van der Waals surface area contributed by atoms with Crippen LogP contribution in [0.2, 0.25) is 0 Å². The highest BCUT2D eigenvalue weighted by Gasteiger charge is 2.20. The van der Waals surface area contributed by atoms with E-state index in [-0.39, 0.29) is 5.78 Å². The molecule has 1 atom stereocenters. The zero-order valence-electron chi connectivity index (χ0n) is 14.6. The number of ketones is 1. The quantitative estimate of drug-likeness (QED) is 0.533. The van der Waals surface area contributed by atoms with Gasteiger partial charge in [0.05, 0.1) is 0 Å². The van der Waals surface area contributed by atoms with Gasteiger partial charge in [-0.15, -0.1) is 9.24 Å². The molecule has 3 rings (SSSR count). The van der Waals surface area contributed by atoms with Gasteiger partial charge in [-0.25, -0.2) is 0 Å². The van der Waals surface area contributed by atoms with Crippen molar-refractivity contribution in [3.05, 3.63) is 75.9 Å². The van der Waals surface area contributed by atoms with E-state index in [4.69, 9.17) is 0 Å². The first-order valence-electron chi connectivity index (χ1n) is 8.73. The van der Waals surface area contributed by atoms with Crippen molar-refractivity contribution in [1.29, 1.82) is 0 Å². The molecule has 0 spiro atoms. The molecule has 1 unspecified atom stereocenters. The van der Waals surface area contributed by atoms with Gasteiger partial charge in [-0.05, 0) is 85.2 Å². The molecule has 124 valence electrons. The monoisotopic (exact) mass is 336 g/mol. The van der Waals surface area contributed by atoms with Crippen LogP contribution >= 0.6 is 9.24 Å². The van der Waals surface area contributed by atoms with Crippen molar-refractivity contribution >= 4 is 20.6 Å². The minimum Gasteiger partial charge on any atom is -0.289 e. The SMILES string of the molecule is Cc1ccc2c(c1C)CC(c1ccc(CCCCP)cc1)=CC2=O. The highest BCUT2D eigenvalue weighted by Crippen LogP contribution is 2.31. The lowest BCUT2D eigenvalue weighted by Crippen LogP contribution is -2.11. The van der Waals surface area contributed by atoms with Gasteiger partial charge >= 0.3 is 0 Å². The topological polar surface area (TPSA) is 17.1 Å². The Morgan fingerprint density at radius 2 is 1.75 bits per heavy atom. The minimum absolute atomic E-state index is 0.138. The normalized spacial score (nSPS) is 13.6. The van der Waals surface area contributed by atoms with Gasteiger partial charge in [0.2, 0.25) is 0 Å². The van der Waals surface area contributed by atoms with Crippen molar-refractivity contribution in [2.24, 2.45) is 0 Å². The van der Waals surface area contributed by atoms with Crippen LogP contribution in [0, 0.1) is 13.8 Å². The second kappa shape index (κ2) is 7.45. The van der Waals surface area contributed by atoms with Gasteiger partial charge in [0.25, 0.3) is 0 Å². The standard InChI is InChI=1S/C22H25OP/c1-15-6-11-20-21(16(15)2)13-19(14-22(20)23)18-9-7-17(8-10-18)5-3-4-12-24/h6-11,14H,3-5,12-13,24H2,1-2H3. The summed E-state index contributed by atoms with van der Waals surface area (Å²) < 4.78 is 0. The molecule has 0 aliphatic heterocycles. The predicted molar refractivity (Wildman–Crippen MR) is 106 cm³/mol. The first-order valence-corrected chi connectivity index (χ1v) is 9.55. The number of allylic oxidation sites excluding steroid dienone is 2. The fourth-order valence-corrected chi connectivity index (χ4v) is 3.64. The van der Waals surface area contributed by atoms with E-state index in [0.29, 0.717) is 0 Å². The molecule has 2 aromatic carbocycles. The third-order valence-electron chi connectivity index (χ3n) is 5.05. The fraction of sp³-hybridized carbons (Fsp3) is 0.318. The Labute approximate surface area is 147 Å². The number of rotatable bonds is 5. The number of hydrogen-bond acceptors (Lipinski definition) is 1. The molecule has 0 heterocycles. The van der Waals surface area contributed by atoms with Crippen molar-refractivity contribution in [1.82, 2.24) is 0 Å². The Morgan fingerprint density at radius 3 is 2.46 bits per heavy atom. The van der Waals surface area contributed by atoms with E-state index in [2.05, 4.69) is 53.4 Å². The van der Waals surface area contributed by atoms with Crippen LogP contribution in [0.1, 0.15) is 51.0 Å². The molecule has 0 radical (unpaired) electrons. The third-order valence-corrected chi connectivity index (χ3v) is 5.46. The zero-order valence-corrected chi connectivity index (χ0v) is 15.7. The number of carbonyl (C=O) groups is 1. The first-order chi connectivity index (χ1) is 11.6.